The summed E-state index contributed by atoms with van der Waals surface area (Å²) >= 11 is 0. The number of rotatable bonds is 6. The molecule has 0 aromatic heterocycles. The highest BCUT2D eigenvalue weighted by Crippen LogP contribution is 2.26. The van der Waals surface area contributed by atoms with E-state index >= 15 is 0 Å². The molecule has 18 heavy (non-hydrogen) atoms. The topological polar surface area (TPSA) is 39.1 Å². The van der Waals surface area contributed by atoms with E-state index in [1.165, 1.54) is 25.8 Å². The van der Waals surface area contributed by atoms with Gasteiger partial charge in [-0.25, -0.2) is 0 Å². The quantitative estimate of drug-likeness (QED) is 0.789. The SMILES string of the molecule is CCC1CCCN1C(C)CC(C)(C#N)NC(C)C. The molecule has 0 amide bonds. The molecule has 3 atom stereocenters. The van der Waals surface area contributed by atoms with Crippen molar-refractivity contribution in [1.82, 2.24) is 10.2 Å². The largest absolute Gasteiger partial charge is 0.298 e. The molecule has 3 heteroatoms. The predicted molar refractivity (Wildman–Crippen MR) is 76.4 cm³/mol. The van der Waals surface area contributed by atoms with Crippen molar-refractivity contribution < 1.29 is 0 Å². The first-order valence-electron chi connectivity index (χ1n) is 7.36. The third-order valence-electron chi connectivity index (χ3n) is 4.02. The van der Waals surface area contributed by atoms with E-state index in [0.717, 1.165) is 12.5 Å². The van der Waals surface area contributed by atoms with E-state index in [1.54, 1.807) is 0 Å². The van der Waals surface area contributed by atoms with Crippen molar-refractivity contribution in [3.63, 3.8) is 0 Å². The zero-order valence-corrected chi connectivity index (χ0v) is 12.7. The molecule has 1 fully saturated rings. The normalized spacial score (nSPS) is 25.9. The molecule has 1 aliphatic rings. The average molecular weight is 251 g/mol. The van der Waals surface area contributed by atoms with Gasteiger partial charge in [0.05, 0.1) is 6.07 Å². The van der Waals surface area contributed by atoms with E-state index in [9.17, 15) is 5.26 Å². The first-order valence-corrected chi connectivity index (χ1v) is 7.36. The lowest BCUT2D eigenvalue weighted by molar-refractivity contribution is 0.156. The van der Waals surface area contributed by atoms with Crippen LogP contribution in [0.15, 0.2) is 0 Å². The van der Waals surface area contributed by atoms with Gasteiger partial charge in [0.15, 0.2) is 0 Å². The molecule has 0 aromatic rings. The second-order valence-corrected chi connectivity index (χ2v) is 6.24. The molecule has 3 nitrogen and oxygen atoms in total. The van der Waals surface area contributed by atoms with Crippen LogP contribution in [0, 0.1) is 11.3 Å². The van der Waals surface area contributed by atoms with E-state index in [-0.39, 0.29) is 0 Å². The van der Waals surface area contributed by atoms with Gasteiger partial charge in [0.2, 0.25) is 0 Å². The van der Waals surface area contributed by atoms with Gasteiger partial charge in [-0.3, -0.25) is 10.2 Å². The Morgan fingerprint density at radius 2 is 2.11 bits per heavy atom. The van der Waals surface area contributed by atoms with Crippen molar-refractivity contribution in [2.24, 2.45) is 0 Å². The van der Waals surface area contributed by atoms with Crippen LogP contribution in [0.3, 0.4) is 0 Å². The maximum atomic E-state index is 9.42. The maximum absolute atomic E-state index is 9.42. The molecular weight excluding hydrogens is 222 g/mol. The molecule has 1 rings (SSSR count). The van der Waals surface area contributed by atoms with Crippen LogP contribution in [-0.2, 0) is 0 Å². The van der Waals surface area contributed by atoms with E-state index in [4.69, 9.17) is 0 Å². The summed E-state index contributed by atoms with van der Waals surface area (Å²) in [7, 11) is 0. The molecule has 0 aliphatic carbocycles. The Kier molecular flexibility index (Phi) is 5.62. The van der Waals surface area contributed by atoms with E-state index in [0.29, 0.717) is 12.1 Å². The van der Waals surface area contributed by atoms with Gasteiger partial charge in [-0.1, -0.05) is 6.92 Å². The van der Waals surface area contributed by atoms with Crippen molar-refractivity contribution in [3.8, 4) is 6.07 Å². The first kappa shape index (κ1) is 15.5. The second kappa shape index (κ2) is 6.54. The minimum atomic E-state index is -0.408. The van der Waals surface area contributed by atoms with Crippen LogP contribution >= 0.6 is 0 Å². The van der Waals surface area contributed by atoms with Crippen molar-refractivity contribution in [1.29, 1.82) is 5.26 Å². The molecule has 1 aliphatic heterocycles. The van der Waals surface area contributed by atoms with Gasteiger partial charge in [0.25, 0.3) is 0 Å². The highest BCUT2D eigenvalue weighted by molar-refractivity contribution is 5.06. The Hall–Kier alpha value is -0.590. The number of hydrogen-bond acceptors (Lipinski definition) is 3. The Balaban J connectivity index is 2.62. The minimum absolute atomic E-state index is 0.349. The standard InChI is InChI=1S/C15H29N3/c1-6-14-8-7-9-18(14)13(4)10-15(5,11-16)17-12(2)3/h12-14,17H,6-10H2,1-5H3. The number of nitriles is 1. The number of nitrogens with zero attached hydrogens (tertiary/aromatic N) is 2. The highest BCUT2D eigenvalue weighted by atomic mass is 15.2. The fourth-order valence-electron chi connectivity index (χ4n) is 3.36. The Labute approximate surface area is 113 Å². The van der Waals surface area contributed by atoms with Crippen LogP contribution in [0.1, 0.15) is 60.3 Å². The van der Waals surface area contributed by atoms with Gasteiger partial charge in [-0.2, -0.15) is 5.26 Å². The average Bonchev–Trinajstić information content (AvgIpc) is 2.75. The summed E-state index contributed by atoms with van der Waals surface area (Å²) in [5.74, 6) is 0. The van der Waals surface area contributed by atoms with Crippen LogP contribution in [0.25, 0.3) is 0 Å². The van der Waals surface area contributed by atoms with Gasteiger partial charge in [0.1, 0.15) is 5.54 Å². The Morgan fingerprint density at radius 1 is 1.44 bits per heavy atom. The summed E-state index contributed by atoms with van der Waals surface area (Å²) in [4.78, 5) is 2.59. The molecule has 1 N–H and O–H groups in total. The van der Waals surface area contributed by atoms with Gasteiger partial charge in [-0.05, 0) is 59.9 Å². The molecule has 1 saturated heterocycles. The van der Waals surface area contributed by atoms with Crippen molar-refractivity contribution in [3.05, 3.63) is 0 Å². The van der Waals surface area contributed by atoms with E-state index in [2.05, 4.69) is 44.0 Å². The van der Waals surface area contributed by atoms with Crippen molar-refractivity contribution in [2.45, 2.75) is 84.0 Å². The zero-order valence-electron chi connectivity index (χ0n) is 12.7. The second-order valence-electron chi connectivity index (χ2n) is 6.24. The van der Waals surface area contributed by atoms with Gasteiger partial charge < -0.3 is 0 Å². The van der Waals surface area contributed by atoms with Gasteiger partial charge in [0, 0.05) is 18.1 Å². The molecule has 104 valence electrons. The minimum Gasteiger partial charge on any atom is -0.298 e. The molecule has 0 radical (unpaired) electrons. The lowest BCUT2D eigenvalue weighted by Gasteiger charge is -2.35. The van der Waals surface area contributed by atoms with Gasteiger partial charge >= 0.3 is 0 Å². The summed E-state index contributed by atoms with van der Waals surface area (Å²) in [5, 5.41) is 12.8. The van der Waals surface area contributed by atoms with Crippen LogP contribution in [0.4, 0.5) is 0 Å². The lowest BCUT2D eigenvalue weighted by atomic mass is 9.93. The monoisotopic (exact) mass is 251 g/mol. The molecule has 0 bridgehead atoms. The third-order valence-corrected chi connectivity index (χ3v) is 4.02. The number of hydrogen-bond donors (Lipinski definition) is 1. The van der Waals surface area contributed by atoms with Crippen molar-refractivity contribution in [2.75, 3.05) is 6.54 Å². The highest BCUT2D eigenvalue weighted by Gasteiger charge is 2.33. The zero-order chi connectivity index (χ0) is 13.8. The summed E-state index contributed by atoms with van der Waals surface area (Å²) < 4.78 is 0. The number of likely N-dealkylation sites (tertiary alicyclic amines) is 1. The summed E-state index contributed by atoms with van der Waals surface area (Å²) in [6, 6.07) is 4.01. The molecule has 1 heterocycles. The fourth-order valence-corrected chi connectivity index (χ4v) is 3.36. The van der Waals surface area contributed by atoms with Crippen LogP contribution in [0.5, 0.6) is 0 Å². The molecule has 0 saturated carbocycles. The smallest absolute Gasteiger partial charge is 0.105 e. The summed E-state index contributed by atoms with van der Waals surface area (Å²) in [5.41, 5.74) is -0.408. The van der Waals surface area contributed by atoms with Gasteiger partial charge in [-0.15, -0.1) is 0 Å². The molecular formula is C15H29N3. The predicted octanol–water partition coefficient (Wildman–Crippen LogP) is 2.92. The Morgan fingerprint density at radius 3 is 2.61 bits per heavy atom. The first-order chi connectivity index (χ1) is 8.41. The lowest BCUT2D eigenvalue weighted by Crippen LogP contribution is -2.50. The Bertz CT molecular complexity index is 295. The van der Waals surface area contributed by atoms with Crippen LogP contribution < -0.4 is 5.32 Å². The van der Waals surface area contributed by atoms with E-state index < -0.39 is 5.54 Å². The fraction of sp³-hybridized carbons (Fsp3) is 0.933. The van der Waals surface area contributed by atoms with E-state index in [1.807, 2.05) is 6.92 Å². The van der Waals surface area contributed by atoms with Crippen LogP contribution in [-0.4, -0.2) is 35.1 Å². The summed E-state index contributed by atoms with van der Waals surface area (Å²) in [6.07, 6.45) is 4.76. The molecule has 0 spiro atoms. The third kappa shape index (κ3) is 3.96. The van der Waals surface area contributed by atoms with Crippen molar-refractivity contribution >= 4 is 0 Å². The molecule has 3 unspecified atom stereocenters. The number of nitrogens with one attached hydrogen (secondary N) is 1. The molecule has 0 aromatic carbocycles. The maximum Gasteiger partial charge on any atom is 0.105 e. The summed E-state index contributed by atoms with van der Waals surface area (Å²) in [6.45, 7) is 12.0. The van der Waals surface area contributed by atoms with Crippen LogP contribution in [0.2, 0.25) is 0 Å².